The molecule has 12 heteroatoms. The van der Waals surface area contributed by atoms with E-state index in [2.05, 4.69) is 15.6 Å². The van der Waals surface area contributed by atoms with Gasteiger partial charge in [-0.1, -0.05) is 24.3 Å². The van der Waals surface area contributed by atoms with Crippen LogP contribution in [0.3, 0.4) is 0 Å². The highest BCUT2D eigenvalue weighted by atomic mass is 35.5. The van der Waals surface area contributed by atoms with Crippen molar-refractivity contribution in [2.24, 2.45) is 22.2 Å². The van der Waals surface area contributed by atoms with E-state index in [4.69, 9.17) is 21.9 Å². The summed E-state index contributed by atoms with van der Waals surface area (Å²) in [7, 11) is 1.50. The molecule has 0 spiro atoms. The summed E-state index contributed by atoms with van der Waals surface area (Å²) in [6.45, 7) is -0.00602. The lowest BCUT2D eigenvalue weighted by atomic mass is 10.0. The zero-order valence-corrected chi connectivity index (χ0v) is 19.1. The van der Waals surface area contributed by atoms with Crippen LogP contribution in [0, 0.1) is 0 Å². The van der Waals surface area contributed by atoms with Gasteiger partial charge in [0.15, 0.2) is 5.96 Å². The van der Waals surface area contributed by atoms with Gasteiger partial charge in [0, 0.05) is 17.5 Å². The summed E-state index contributed by atoms with van der Waals surface area (Å²) in [6, 6.07) is 9.66. The van der Waals surface area contributed by atoms with E-state index in [0.29, 0.717) is 12.2 Å². The van der Waals surface area contributed by atoms with Crippen LogP contribution in [-0.4, -0.2) is 49.9 Å². The van der Waals surface area contributed by atoms with E-state index in [-0.39, 0.29) is 55.8 Å². The normalized spacial score (nSPS) is 10.7. The summed E-state index contributed by atoms with van der Waals surface area (Å²) in [6.07, 6.45) is 0.640. The summed E-state index contributed by atoms with van der Waals surface area (Å²) in [5, 5.41) is 6.45. The maximum absolute atomic E-state index is 12.7. The standard InChI is InChI=1S/C20H26N6O4.2ClH/c1-30-16-10-13(9-12-5-2-3-6-14(12)16)18(28)26-19(29)15(25-17(27)11-21)7-4-8-24-20(22)23;;/h2-3,5-6,9-10,15H,4,7-8,11,21H2,1H3,(H,25,27)(H4,22,23,24)(H,26,28,29);2*1H. The number of carbonyl (C=O) groups excluding carboxylic acids is 3. The van der Waals surface area contributed by atoms with Crippen molar-refractivity contribution in [1.82, 2.24) is 10.6 Å². The molecule has 0 radical (unpaired) electrons. The topological polar surface area (TPSA) is 175 Å². The number of nitrogens with zero attached hydrogens (tertiary/aromatic N) is 1. The molecule has 0 saturated carbocycles. The Labute approximate surface area is 198 Å². The Bertz CT molecular complexity index is 966. The molecule has 0 aliphatic heterocycles. The van der Waals surface area contributed by atoms with Gasteiger partial charge in [0.2, 0.25) is 11.8 Å². The molecule has 3 amide bonds. The second-order valence-electron chi connectivity index (χ2n) is 6.49. The first-order chi connectivity index (χ1) is 14.3. The molecule has 1 unspecified atom stereocenters. The van der Waals surface area contributed by atoms with Crippen LogP contribution in [0.4, 0.5) is 0 Å². The molecule has 1 atom stereocenters. The average Bonchev–Trinajstić information content (AvgIpc) is 2.74. The number of ether oxygens (including phenoxy) is 1. The number of amides is 3. The Kier molecular flexibility index (Phi) is 12.7. The van der Waals surface area contributed by atoms with Crippen LogP contribution >= 0.6 is 24.8 Å². The highest BCUT2D eigenvalue weighted by Crippen LogP contribution is 2.27. The van der Waals surface area contributed by atoms with Crippen LogP contribution in [0.25, 0.3) is 10.8 Å². The second kappa shape index (κ2) is 14.1. The monoisotopic (exact) mass is 486 g/mol. The van der Waals surface area contributed by atoms with Crippen LogP contribution in [0.1, 0.15) is 23.2 Å². The van der Waals surface area contributed by atoms with Crippen molar-refractivity contribution in [3.8, 4) is 5.75 Å². The molecule has 0 bridgehead atoms. The van der Waals surface area contributed by atoms with E-state index in [1.54, 1.807) is 12.1 Å². The van der Waals surface area contributed by atoms with Gasteiger partial charge in [-0.15, -0.1) is 24.8 Å². The third-order valence-electron chi connectivity index (χ3n) is 4.33. The molecule has 2 aromatic carbocycles. The first-order valence-corrected chi connectivity index (χ1v) is 9.32. The summed E-state index contributed by atoms with van der Waals surface area (Å²) in [5.74, 6) is -1.34. The van der Waals surface area contributed by atoms with Gasteiger partial charge in [-0.3, -0.25) is 24.7 Å². The van der Waals surface area contributed by atoms with Crippen molar-refractivity contribution in [2.75, 3.05) is 20.2 Å². The van der Waals surface area contributed by atoms with Crippen molar-refractivity contribution in [1.29, 1.82) is 0 Å². The van der Waals surface area contributed by atoms with Gasteiger partial charge in [0.1, 0.15) is 11.8 Å². The Balaban J connectivity index is 0.00000480. The number of aliphatic imine (C=N–C) groups is 1. The summed E-state index contributed by atoms with van der Waals surface area (Å²) in [5.41, 5.74) is 16.1. The lowest BCUT2D eigenvalue weighted by Gasteiger charge is -2.17. The molecule has 176 valence electrons. The summed E-state index contributed by atoms with van der Waals surface area (Å²) in [4.78, 5) is 40.8. The maximum Gasteiger partial charge on any atom is 0.258 e. The molecule has 2 rings (SSSR count). The summed E-state index contributed by atoms with van der Waals surface area (Å²) >= 11 is 0. The molecule has 0 saturated heterocycles. The van der Waals surface area contributed by atoms with Gasteiger partial charge in [-0.2, -0.15) is 0 Å². The zero-order valence-electron chi connectivity index (χ0n) is 17.5. The summed E-state index contributed by atoms with van der Waals surface area (Å²) < 4.78 is 5.35. The molecule has 0 heterocycles. The third-order valence-corrected chi connectivity index (χ3v) is 4.33. The minimum Gasteiger partial charge on any atom is -0.496 e. The Morgan fingerprint density at radius 2 is 1.81 bits per heavy atom. The number of nitrogens with two attached hydrogens (primary N) is 3. The Morgan fingerprint density at radius 3 is 2.44 bits per heavy atom. The molecule has 10 nitrogen and oxygen atoms in total. The highest BCUT2D eigenvalue weighted by molar-refractivity contribution is 6.09. The Morgan fingerprint density at radius 1 is 1.12 bits per heavy atom. The van der Waals surface area contributed by atoms with Crippen molar-refractivity contribution in [3.05, 3.63) is 42.0 Å². The van der Waals surface area contributed by atoms with Crippen molar-refractivity contribution >= 4 is 59.3 Å². The molecular weight excluding hydrogens is 459 g/mol. The molecule has 8 N–H and O–H groups in total. The van der Waals surface area contributed by atoms with Gasteiger partial charge in [-0.05, 0) is 30.4 Å². The maximum atomic E-state index is 12.7. The van der Waals surface area contributed by atoms with Crippen LogP contribution < -0.4 is 32.6 Å². The number of nitrogens with one attached hydrogen (secondary N) is 2. The first-order valence-electron chi connectivity index (χ1n) is 9.32. The van der Waals surface area contributed by atoms with E-state index in [1.165, 1.54) is 7.11 Å². The zero-order chi connectivity index (χ0) is 22.1. The number of guanidine groups is 1. The number of benzene rings is 2. The molecule has 0 aromatic heterocycles. The first kappa shape index (κ1) is 28.9. The number of methoxy groups -OCH3 is 1. The number of halogens is 2. The second-order valence-corrected chi connectivity index (χ2v) is 6.49. The Hall–Kier alpha value is -3.08. The predicted octanol–water partition coefficient (Wildman–Crippen LogP) is 0.446. The molecule has 32 heavy (non-hydrogen) atoms. The van der Waals surface area contributed by atoms with Crippen LogP contribution in [0.15, 0.2) is 41.4 Å². The van der Waals surface area contributed by atoms with E-state index in [0.717, 1.165) is 10.8 Å². The van der Waals surface area contributed by atoms with Gasteiger partial charge < -0.3 is 27.3 Å². The van der Waals surface area contributed by atoms with Crippen LogP contribution in [-0.2, 0) is 9.59 Å². The number of hydrogen-bond donors (Lipinski definition) is 5. The predicted molar refractivity (Wildman–Crippen MR) is 128 cm³/mol. The smallest absolute Gasteiger partial charge is 0.258 e. The van der Waals surface area contributed by atoms with E-state index in [1.807, 2.05) is 24.3 Å². The quantitative estimate of drug-likeness (QED) is 0.194. The van der Waals surface area contributed by atoms with E-state index < -0.39 is 23.8 Å². The minimum absolute atomic E-state index is 0. The number of imide groups is 1. The number of rotatable bonds is 9. The molecule has 2 aromatic rings. The minimum atomic E-state index is -0.957. The largest absolute Gasteiger partial charge is 0.496 e. The lowest BCUT2D eigenvalue weighted by molar-refractivity contribution is -0.128. The lowest BCUT2D eigenvalue weighted by Crippen LogP contribution is -2.49. The van der Waals surface area contributed by atoms with Crippen molar-refractivity contribution in [3.63, 3.8) is 0 Å². The fourth-order valence-electron chi connectivity index (χ4n) is 2.87. The van der Waals surface area contributed by atoms with Crippen LogP contribution in [0.2, 0.25) is 0 Å². The average molecular weight is 487 g/mol. The number of hydrogen-bond acceptors (Lipinski definition) is 6. The van der Waals surface area contributed by atoms with E-state index in [9.17, 15) is 14.4 Å². The van der Waals surface area contributed by atoms with Crippen molar-refractivity contribution < 1.29 is 19.1 Å². The molecule has 0 aliphatic rings. The van der Waals surface area contributed by atoms with E-state index >= 15 is 0 Å². The fraction of sp³-hybridized carbons (Fsp3) is 0.300. The van der Waals surface area contributed by atoms with Gasteiger partial charge in [0.25, 0.3) is 5.91 Å². The molecular formula is C20H28Cl2N6O4. The van der Waals surface area contributed by atoms with Crippen LogP contribution in [0.5, 0.6) is 5.75 Å². The molecule has 0 fully saturated rings. The number of carbonyl (C=O) groups is 3. The van der Waals surface area contributed by atoms with Gasteiger partial charge >= 0.3 is 0 Å². The van der Waals surface area contributed by atoms with Gasteiger partial charge in [-0.25, -0.2) is 0 Å². The van der Waals surface area contributed by atoms with Crippen molar-refractivity contribution in [2.45, 2.75) is 18.9 Å². The fourth-order valence-corrected chi connectivity index (χ4v) is 2.87. The molecule has 0 aliphatic carbocycles. The third kappa shape index (κ3) is 8.22. The SMILES string of the molecule is COc1cc(C(=O)NC(=O)C(CCCN=C(N)N)NC(=O)CN)cc2ccccc12.Cl.Cl. The highest BCUT2D eigenvalue weighted by Gasteiger charge is 2.23. The van der Waals surface area contributed by atoms with Gasteiger partial charge in [0.05, 0.1) is 13.7 Å². The number of fused-ring (bicyclic) bond motifs is 1.